The molecule has 6 nitrogen and oxygen atoms in total. The molecule has 1 amide bonds. The van der Waals surface area contributed by atoms with Crippen LogP contribution in [0.2, 0.25) is 0 Å². The first-order chi connectivity index (χ1) is 13.7. The van der Waals surface area contributed by atoms with Gasteiger partial charge in [-0.05, 0) is 35.9 Å². The van der Waals surface area contributed by atoms with Crippen LogP contribution in [0.4, 0.5) is 17.6 Å². The van der Waals surface area contributed by atoms with Gasteiger partial charge in [0.05, 0.1) is 0 Å². The second-order valence-electron chi connectivity index (χ2n) is 5.93. The summed E-state index contributed by atoms with van der Waals surface area (Å²) in [5.41, 5.74) is 1.78. The van der Waals surface area contributed by atoms with E-state index >= 15 is 0 Å². The summed E-state index contributed by atoms with van der Waals surface area (Å²) in [6.07, 6.45) is -3.58. The Kier molecular flexibility index (Phi) is 5.35. The quantitative estimate of drug-likeness (QED) is 0.501. The SMILES string of the molecule is NC(=O)c1cc(-c2ccc(OCc3cccnc3F)cc2)c(C(F)(F)F)[nH]c1=O. The average molecular weight is 407 g/mol. The highest BCUT2D eigenvalue weighted by atomic mass is 19.4. The molecular weight excluding hydrogens is 394 g/mol. The number of hydrogen-bond acceptors (Lipinski definition) is 4. The molecule has 0 atom stereocenters. The lowest BCUT2D eigenvalue weighted by Gasteiger charge is -2.14. The number of carbonyl (C=O) groups excluding carboxylic acids is 1. The number of nitrogens with one attached hydrogen (secondary N) is 1. The molecule has 2 aromatic heterocycles. The fraction of sp³-hybridized carbons (Fsp3) is 0.105. The van der Waals surface area contributed by atoms with E-state index in [1.165, 1.54) is 42.6 Å². The zero-order chi connectivity index (χ0) is 21.2. The molecule has 3 aromatic rings. The molecule has 0 radical (unpaired) electrons. The molecule has 10 heteroatoms. The van der Waals surface area contributed by atoms with Crippen LogP contribution in [0.15, 0.2) is 53.5 Å². The second-order valence-corrected chi connectivity index (χ2v) is 5.93. The number of primary amides is 1. The number of rotatable bonds is 5. The minimum absolute atomic E-state index is 0.0657. The standard InChI is InChI=1S/C19H13F4N3O3/c20-16-11(2-1-7-25-16)9-29-12-5-3-10(4-6-12)13-8-14(17(24)27)18(28)26-15(13)19(21,22)23/h1-8H,9H2,(H2,24,27)(H,26,28). The lowest BCUT2D eigenvalue weighted by atomic mass is 10.0. The van der Waals surface area contributed by atoms with Crippen molar-refractivity contribution in [3.63, 3.8) is 0 Å². The summed E-state index contributed by atoms with van der Waals surface area (Å²) >= 11 is 0. The number of benzene rings is 1. The molecule has 0 aliphatic rings. The van der Waals surface area contributed by atoms with Crippen LogP contribution in [-0.4, -0.2) is 15.9 Å². The lowest BCUT2D eigenvalue weighted by Crippen LogP contribution is -2.27. The number of alkyl halides is 3. The van der Waals surface area contributed by atoms with E-state index in [0.29, 0.717) is 0 Å². The summed E-state index contributed by atoms with van der Waals surface area (Å²) < 4.78 is 58.9. The van der Waals surface area contributed by atoms with E-state index in [1.807, 2.05) is 0 Å². The van der Waals surface area contributed by atoms with Gasteiger partial charge in [0.2, 0.25) is 5.95 Å². The Hall–Kier alpha value is -3.69. The van der Waals surface area contributed by atoms with Crippen LogP contribution in [0.25, 0.3) is 11.1 Å². The minimum atomic E-state index is -4.86. The number of pyridine rings is 2. The fourth-order valence-corrected chi connectivity index (χ4v) is 2.58. The first kappa shape index (κ1) is 20.1. The predicted octanol–water partition coefficient (Wildman–Crippen LogP) is 3.27. The van der Waals surface area contributed by atoms with Gasteiger partial charge in [-0.15, -0.1) is 0 Å². The number of aromatic nitrogens is 2. The molecule has 0 bridgehead atoms. The largest absolute Gasteiger partial charge is 0.489 e. The molecule has 0 saturated heterocycles. The van der Waals surface area contributed by atoms with Crippen molar-refractivity contribution in [3.05, 3.63) is 81.8 Å². The third kappa shape index (κ3) is 4.42. The Morgan fingerprint density at radius 3 is 2.45 bits per heavy atom. The summed E-state index contributed by atoms with van der Waals surface area (Å²) in [6.45, 7) is -0.128. The van der Waals surface area contributed by atoms with E-state index in [2.05, 4.69) is 4.98 Å². The van der Waals surface area contributed by atoms with E-state index in [4.69, 9.17) is 10.5 Å². The van der Waals surface area contributed by atoms with Gasteiger partial charge in [0, 0.05) is 17.3 Å². The van der Waals surface area contributed by atoms with Crippen LogP contribution in [0.1, 0.15) is 21.6 Å². The van der Waals surface area contributed by atoms with Crippen molar-refractivity contribution in [3.8, 4) is 16.9 Å². The van der Waals surface area contributed by atoms with Crippen LogP contribution in [0, 0.1) is 5.95 Å². The van der Waals surface area contributed by atoms with Crippen molar-refractivity contribution in [2.45, 2.75) is 12.8 Å². The molecule has 3 rings (SSSR count). The van der Waals surface area contributed by atoms with Gasteiger partial charge in [-0.25, -0.2) is 4.98 Å². The molecule has 0 saturated carbocycles. The number of aromatic amines is 1. The Balaban J connectivity index is 1.93. The molecule has 0 aliphatic carbocycles. The molecule has 0 spiro atoms. The van der Waals surface area contributed by atoms with Crippen LogP contribution in [-0.2, 0) is 12.8 Å². The van der Waals surface area contributed by atoms with E-state index in [1.54, 1.807) is 4.98 Å². The van der Waals surface area contributed by atoms with E-state index in [-0.39, 0.29) is 23.5 Å². The molecule has 1 aromatic carbocycles. The van der Waals surface area contributed by atoms with Crippen molar-refractivity contribution in [2.75, 3.05) is 0 Å². The molecule has 150 valence electrons. The average Bonchev–Trinajstić information content (AvgIpc) is 2.67. The molecule has 0 aliphatic heterocycles. The smallest absolute Gasteiger partial charge is 0.431 e. The number of halogens is 4. The molecule has 0 unspecified atom stereocenters. The maximum Gasteiger partial charge on any atom is 0.431 e. The highest BCUT2D eigenvalue weighted by Gasteiger charge is 2.36. The molecule has 0 fully saturated rings. The summed E-state index contributed by atoms with van der Waals surface area (Å²) in [4.78, 5) is 28.2. The van der Waals surface area contributed by atoms with Gasteiger partial charge in [-0.2, -0.15) is 17.6 Å². The van der Waals surface area contributed by atoms with E-state index in [9.17, 15) is 27.2 Å². The molecule has 3 N–H and O–H groups in total. The lowest BCUT2D eigenvalue weighted by molar-refractivity contribution is -0.140. The van der Waals surface area contributed by atoms with E-state index < -0.39 is 40.4 Å². The van der Waals surface area contributed by atoms with Crippen molar-refractivity contribution >= 4 is 5.91 Å². The Morgan fingerprint density at radius 1 is 1.17 bits per heavy atom. The van der Waals surface area contributed by atoms with Crippen LogP contribution < -0.4 is 16.0 Å². The van der Waals surface area contributed by atoms with Gasteiger partial charge in [-0.3, -0.25) is 9.59 Å². The number of nitrogens with two attached hydrogens (primary N) is 1. The zero-order valence-electron chi connectivity index (χ0n) is 14.6. The highest BCUT2D eigenvalue weighted by Crippen LogP contribution is 2.35. The van der Waals surface area contributed by atoms with Crippen LogP contribution in [0.3, 0.4) is 0 Å². The summed E-state index contributed by atoms with van der Waals surface area (Å²) in [7, 11) is 0. The van der Waals surface area contributed by atoms with Crippen LogP contribution >= 0.6 is 0 Å². The summed E-state index contributed by atoms with van der Waals surface area (Å²) in [5.74, 6) is -1.57. The summed E-state index contributed by atoms with van der Waals surface area (Å²) in [5, 5.41) is 0. The summed E-state index contributed by atoms with van der Waals surface area (Å²) in [6, 6.07) is 9.18. The third-order valence-electron chi connectivity index (χ3n) is 3.99. The number of nitrogens with zero attached hydrogens (tertiary/aromatic N) is 1. The first-order valence-corrected chi connectivity index (χ1v) is 8.14. The van der Waals surface area contributed by atoms with Gasteiger partial charge in [-0.1, -0.05) is 12.1 Å². The second kappa shape index (κ2) is 7.74. The zero-order valence-corrected chi connectivity index (χ0v) is 14.6. The number of hydrogen-bond donors (Lipinski definition) is 2. The maximum absolute atomic E-state index is 13.5. The van der Waals surface area contributed by atoms with Gasteiger partial charge in [0.15, 0.2) is 0 Å². The van der Waals surface area contributed by atoms with Gasteiger partial charge in [0.1, 0.15) is 23.6 Å². The molecule has 2 heterocycles. The van der Waals surface area contributed by atoms with Gasteiger partial charge >= 0.3 is 6.18 Å². The van der Waals surface area contributed by atoms with Gasteiger partial charge in [0.25, 0.3) is 11.5 Å². The number of amides is 1. The molecule has 29 heavy (non-hydrogen) atoms. The van der Waals surface area contributed by atoms with Crippen molar-refractivity contribution in [1.29, 1.82) is 0 Å². The Labute approximate surface area is 161 Å². The third-order valence-corrected chi connectivity index (χ3v) is 3.99. The number of H-pyrrole nitrogens is 1. The van der Waals surface area contributed by atoms with Crippen molar-refractivity contribution in [1.82, 2.24) is 9.97 Å². The normalized spacial score (nSPS) is 11.3. The highest BCUT2D eigenvalue weighted by molar-refractivity contribution is 5.94. The topological polar surface area (TPSA) is 98.1 Å². The van der Waals surface area contributed by atoms with E-state index in [0.717, 1.165) is 6.07 Å². The maximum atomic E-state index is 13.5. The fourth-order valence-electron chi connectivity index (χ4n) is 2.58. The van der Waals surface area contributed by atoms with Crippen molar-refractivity contribution < 1.29 is 27.1 Å². The Morgan fingerprint density at radius 2 is 1.86 bits per heavy atom. The Bertz CT molecular complexity index is 1110. The minimum Gasteiger partial charge on any atom is -0.489 e. The van der Waals surface area contributed by atoms with Crippen LogP contribution in [0.5, 0.6) is 5.75 Å². The monoisotopic (exact) mass is 407 g/mol. The predicted molar refractivity (Wildman–Crippen MR) is 94.5 cm³/mol. The number of ether oxygens (including phenoxy) is 1. The van der Waals surface area contributed by atoms with Crippen molar-refractivity contribution in [2.24, 2.45) is 5.73 Å². The number of carbonyl (C=O) groups is 1. The van der Waals surface area contributed by atoms with Gasteiger partial charge < -0.3 is 15.5 Å². The molecular formula is C19H13F4N3O3. The first-order valence-electron chi connectivity index (χ1n) is 8.14.